The smallest absolute Gasteiger partial charge is 0.255 e. The molecule has 0 aliphatic heterocycles. The topological polar surface area (TPSA) is 126 Å². The van der Waals surface area contributed by atoms with Crippen molar-refractivity contribution in [3.8, 4) is 0 Å². The van der Waals surface area contributed by atoms with Gasteiger partial charge < -0.3 is 15.8 Å². The van der Waals surface area contributed by atoms with Gasteiger partial charge in [0.05, 0.1) is 37.2 Å². The summed E-state index contributed by atoms with van der Waals surface area (Å²) in [7, 11) is 1.58. The number of carbonyl (C=O) groups excluding carboxylic acids is 1. The van der Waals surface area contributed by atoms with Crippen LogP contribution in [-0.2, 0) is 31.0 Å². The lowest BCUT2D eigenvalue weighted by Crippen LogP contribution is -2.23. The number of rotatable bonds is 9. The van der Waals surface area contributed by atoms with Gasteiger partial charge in [0.2, 0.25) is 0 Å². The van der Waals surface area contributed by atoms with Crippen molar-refractivity contribution in [2.75, 3.05) is 12.8 Å². The zero-order chi connectivity index (χ0) is 25.8. The average Bonchev–Trinajstić information content (AvgIpc) is 3.49. The number of methoxy groups -OCH3 is 1. The molecule has 0 unspecified atom stereocenters. The first-order valence-corrected chi connectivity index (χ1v) is 11.9. The van der Waals surface area contributed by atoms with Crippen LogP contribution in [0.1, 0.15) is 38.4 Å². The highest BCUT2D eigenvalue weighted by Gasteiger charge is 2.18. The number of fused-ring (bicyclic) bond motifs is 1. The fourth-order valence-electron chi connectivity index (χ4n) is 4.25. The van der Waals surface area contributed by atoms with E-state index in [0.717, 1.165) is 33.2 Å². The van der Waals surface area contributed by atoms with E-state index < -0.39 is 0 Å². The van der Waals surface area contributed by atoms with Crippen LogP contribution < -0.4 is 11.1 Å². The van der Waals surface area contributed by atoms with Gasteiger partial charge in [0, 0.05) is 43.8 Å². The van der Waals surface area contributed by atoms with Gasteiger partial charge in [0.25, 0.3) is 5.91 Å². The minimum atomic E-state index is -0.221. The van der Waals surface area contributed by atoms with E-state index in [2.05, 4.69) is 25.5 Å². The maximum absolute atomic E-state index is 13.1. The number of nitrogens with two attached hydrogens (primary N) is 1. The quantitative estimate of drug-likeness (QED) is 0.321. The zero-order valence-electron chi connectivity index (χ0n) is 20.8. The van der Waals surface area contributed by atoms with E-state index in [1.54, 1.807) is 30.4 Å². The number of hydrogen-bond acceptors (Lipinski definition) is 7. The molecule has 1 amide bonds. The normalized spacial score (nSPS) is 11.2. The molecular weight excluding hydrogens is 468 g/mol. The lowest BCUT2D eigenvalue weighted by atomic mass is 10.1. The largest absolute Gasteiger partial charge is 0.383 e. The molecular formula is C27H28N8O2. The lowest BCUT2D eigenvalue weighted by Gasteiger charge is -2.09. The fraction of sp³-hybridized carbons (Fsp3) is 0.222. The summed E-state index contributed by atoms with van der Waals surface area (Å²) >= 11 is 0. The van der Waals surface area contributed by atoms with Crippen molar-refractivity contribution >= 4 is 22.5 Å². The number of aryl methyl sites for hydroxylation is 1. The van der Waals surface area contributed by atoms with E-state index in [0.29, 0.717) is 36.7 Å². The van der Waals surface area contributed by atoms with E-state index in [4.69, 9.17) is 10.5 Å². The Bertz CT molecular complexity index is 1560. The van der Waals surface area contributed by atoms with Crippen molar-refractivity contribution in [3.63, 3.8) is 0 Å². The standard InChI is InChI=1S/C27H28N8O2/c1-18-11-32-34(13-18)14-21-4-3-8-29-24(21)16-35-15-23(25(33-35)17-37-2)27(36)31-12-19-5-6-22-20(10-19)7-9-30-26(22)28/h3-11,13,15H,12,14,16-17H2,1-2H3,(H2,28,30)(H,31,36). The number of hydrogen-bond donors (Lipinski definition) is 2. The van der Waals surface area contributed by atoms with Gasteiger partial charge in [-0.3, -0.25) is 19.1 Å². The minimum Gasteiger partial charge on any atom is -0.383 e. The molecule has 0 saturated carbocycles. The number of aromatic nitrogens is 6. The third-order valence-corrected chi connectivity index (χ3v) is 6.07. The first-order chi connectivity index (χ1) is 18.0. The van der Waals surface area contributed by atoms with Gasteiger partial charge >= 0.3 is 0 Å². The van der Waals surface area contributed by atoms with Crippen molar-refractivity contribution in [3.05, 3.63) is 101 Å². The lowest BCUT2D eigenvalue weighted by molar-refractivity contribution is 0.0946. The number of nitrogens with one attached hydrogen (secondary N) is 1. The third-order valence-electron chi connectivity index (χ3n) is 6.07. The molecule has 0 bridgehead atoms. The molecule has 1 aromatic carbocycles. The van der Waals surface area contributed by atoms with Crippen molar-refractivity contribution in [1.82, 2.24) is 34.8 Å². The summed E-state index contributed by atoms with van der Waals surface area (Å²) in [6.45, 7) is 3.61. The molecule has 10 heteroatoms. The number of amides is 1. The molecule has 3 N–H and O–H groups in total. The van der Waals surface area contributed by atoms with Gasteiger partial charge in [-0.1, -0.05) is 18.2 Å². The Balaban J connectivity index is 1.32. The van der Waals surface area contributed by atoms with Gasteiger partial charge in [-0.15, -0.1) is 0 Å². The molecule has 188 valence electrons. The van der Waals surface area contributed by atoms with Crippen LogP contribution in [0.15, 0.2) is 67.4 Å². The highest BCUT2D eigenvalue weighted by Crippen LogP contribution is 2.20. The highest BCUT2D eigenvalue weighted by atomic mass is 16.5. The van der Waals surface area contributed by atoms with E-state index in [-0.39, 0.29) is 12.5 Å². The molecule has 0 aliphatic rings. The maximum Gasteiger partial charge on any atom is 0.255 e. The Morgan fingerprint density at radius 2 is 1.95 bits per heavy atom. The highest BCUT2D eigenvalue weighted by molar-refractivity contribution is 5.95. The Morgan fingerprint density at radius 1 is 1.05 bits per heavy atom. The average molecular weight is 497 g/mol. The van der Waals surface area contributed by atoms with Crippen LogP contribution in [0.4, 0.5) is 5.82 Å². The number of carbonyl (C=O) groups is 1. The van der Waals surface area contributed by atoms with Crippen LogP contribution in [0, 0.1) is 6.92 Å². The molecule has 0 saturated heterocycles. The van der Waals surface area contributed by atoms with Crippen LogP contribution in [0.2, 0.25) is 0 Å². The summed E-state index contributed by atoms with van der Waals surface area (Å²) < 4.78 is 8.92. The molecule has 5 aromatic rings. The number of ether oxygens (including phenoxy) is 1. The predicted octanol–water partition coefficient (Wildman–Crippen LogP) is 3.09. The molecule has 0 aliphatic carbocycles. The van der Waals surface area contributed by atoms with Crippen molar-refractivity contribution < 1.29 is 9.53 Å². The van der Waals surface area contributed by atoms with Crippen molar-refractivity contribution in [2.24, 2.45) is 0 Å². The Labute approximate surface area is 214 Å². The predicted molar refractivity (Wildman–Crippen MR) is 140 cm³/mol. The second kappa shape index (κ2) is 10.6. The first kappa shape index (κ1) is 24.1. The molecule has 0 spiro atoms. The van der Waals surface area contributed by atoms with Gasteiger partial charge in [-0.25, -0.2) is 4.98 Å². The van der Waals surface area contributed by atoms with E-state index >= 15 is 0 Å². The molecule has 5 rings (SSSR count). The number of nitrogens with zero attached hydrogens (tertiary/aromatic N) is 6. The molecule has 4 heterocycles. The summed E-state index contributed by atoms with van der Waals surface area (Å²) in [5.74, 6) is 0.265. The Kier molecular flexibility index (Phi) is 6.91. The van der Waals surface area contributed by atoms with E-state index in [1.807, 2.05) is 60.4 Å². The zero-order valence-corrected chi connectivity index (χ0v) is 20.8. The van der Waals surface area contributed by atoms with Crippen LogP contribution >= 0.6 is 0 Å². The molecule has 0 atom stereocenters. The van der Waals surface area contributed by atoms with Crippen molar-refractivity contribution in [1.29, 1.82) is 0 Å². The van der Waals surface area contributed by atoms with E-state index in [9.17, 15) is 4.79 Å². The summed E-state index contributed by atoms with van der Waals surface area (Å²) in [6, 6.07) is 11.7. The molecule has 4 aromatic heterocycles. The minimum absolute atomic E-state index is 0.221. The van der Waals surface area contributed by atoms with Gasteiger partial charge in [0.1, 0.15) is 11.5 Å². The van der Waals surface area contributed by atoms with E-state index in [1.165, 1.54) is 0 Å². The second-order valence-electron chi connectivity index (χ2n) is 8.88. The first-order valence-electron chi connectivity index (χ1n) is 11.9. The summed E-state index contributed by atoms with van der Waals surface area (Å²) in [5.41, 5.74) is 10.9. The van der Waals surface area contributed by atoms with Crippen LogP contribution in [0.5, 0.6) is 0 Å². The Hall–Kier alpha value is -4.57. The fourth-order valence-corrected chi connectivity index (χ4v) is 4.25. The summed E-state index contributed by atoms with van der Waals surface area (Å²) in [4.78, 5) is 21.8. The summed E-state index contributed by atoms with van der Waals surface area (Å²) in [5, 5.41) is 13.9. The monoisotopic (exact) mass is 496 g/mol. The van der Waals surface area contributed by atoms with Crippen LogP contribution in [0.25, 0.3) is 10.8 Å². The molecule has 0 radical (unpaired) electrons. The summed E-state index contributed by atoms with van der Waals surface area (Å²) in [6.07, 6.45) is 9.00. The number of nitrogen functional groups attached to an aromatic ring is 1. The van der Waals surface area contributed by atoms with Crippen LogP contribution in [-0.4, -0.2) is 42.5 Å². The Morgan fingerprint density at radius 3 is 2.76 bits per heavy atom. The molecule has 10 nitrogen and oxygen atoms in total. The van der Waals surface area contributed by atoms with Crippen LogP contribution in [0.3, 0.4) is 0 Å². The van der Waals surface area contributed by atoms with Gasteiger partial charge in [0.15, 0.2) is 0 Å². The maximum atomic E-state index is 13.1. The second-order valence-corrected chi connectivity index (χ2v) is 8.88. The van der Waals surface area contributed by atoms with Gasteiger partial charge in [-0.2, -0.15) is 10.2 Å². The molecule has 0 fully saturated rings. The van der Waals surface area contributed by atoms with Gasteiger partial charge in [-0.05, 0) is 47.2 Å². The third kappa shape index (κ3) is 5.49. The molecule has 37 heavy (non-hydrogen) atoms. The number of benzene rings is 1. The number of pyridine rings is 2. The SMILES string of the molecule is COCc1nn(Cc2ncccc2Cn2cc(C)cn2)cc1C(=O)NCc1ccc2c(N)nccc2c1. The number of anilines is 1. The van der Waals surface area contributed by atoms with Crippen molar-refractivity contribution in [2.45, 2.75) is 33.2 Å².